The summed E-state index contributed by atoms with van der Waals surface area (Å²) in [6.07, 6.45) is 3.74. The van der Waals surface area contributed by atoms with Crippen LogP contribution in [0.15, 0.2) is 18.2 Å². The molecule has 1 nitrogen and oxygen atoms in total. The van der Waals surface area contributed by atoms with E-state index in [1.54, 1.807) is 0 Å². The van der Waals surface area contributed by atoms with E-state index in [1.165, 1.54) is 36.0 Å². The first-order valence-corrected chi connectivity index (χ1v) is 7.40. The summed E-state index contributed by atoms with van der Waals surface area (Å²) < 4.78 is 0. The first-order valence-electron chi connectivity index (χ1n) is 7.40. The highest BCUT2D eigenvalue weighted by molar-refractivity contribution is 5.33. The maximum atomic E-state index is 3.74. The molecule has 1 N–H and O–H groups in total. The van der Waals surface area contributed by atoms with E-state index in [2.05, 4.69) is 58.1 Å². The van der Waals surface area contributed by atoms with E-state index in [1.807, 2.05) is 0 Å². The van der Waals surface area contributed by atoms with Crippen molar-refractivity contribution in [2.24, 2.45) is 5.92 Å². The maximum Gasteiger partial charge on any atom is 0.0348 e. The van der Waals surface area contributed by atoms with E-state index in [0.29, 0.717) is 12.0 Å². The van der Waals surface area contributed by atoms with Crippen molar-refractivity contribution in [3.63, 3.8) is 0 Å². The summed E-state index contributed by atoms with van der Waals surface area (Å²) in [6, 6.07) is 7.32. The van der Waals surface area contributed by atoms with Gasteiger partial charge in [0.05, 0.1) is 0 Å². The predicted molar refractivity (Wildman–Crippen MR) is 81.0 cm³/mol. The van der Waals surface area contributed by atoms with Gasteiger partial charge in [-0.05, 0) is 50.3 Å². The third kappa shape index (κ3) is 4.13. The molecule has 0 aliphatic heterocycles. The number of rotatable bonds is 7. The van der Waals surface area contributed by atoms with Gasteiger partial charge in [0.25, 0.3) is 0 Å². The SMILES string of the molecule is CCCNC(c1cc(C)ccc1C)C(C)CCC. The number of aryl methyl sites for hydroxylation is 2. The van der Waals surface area contributed by atoms with Crippen molar-refractivity contribution in [2.75, 3.05) is 6.54 Å². The van der Waals surface area contributed by atoms with Gasteiger partial charge in [-0.1, -0.05) is 51.0 Å². The summed E-state index contributed by atoms with van der Waals surface area (Å²) >= 11 is 0. The second-order valence-electron chi connectivity index (χ2n) is 5.56. The van der Waals surface area contributed by atoms with Crippen LogP contribution in [0.25, 0.3) is 0 Å². The minimum Gasteiger partial charge on any atom is -0.310 e. The summed E-state index contributed by atoms with van der Waals surface area (Å²) in [5.41, 5.74) is 4.27. The first kappa shape index (κ1) is 15.2. The Balaban J connectivity index is 2.96. The van der Waals surface area contributed by atoms with Crippen molar-refractivity contribution in [1.29, 1.82) is 0 Å². The van der Waals surface area contributed by atoms with Crippen molar-refractivity contribution in [3.05, 3.63) is 34.9 Å². The zero-order chi connectivity index (χ0) is 13.5. The second kappa shape index (κ2) is 7.58. The van der Waals surface area contributed by atoms with Gasteiger partial charge in [0.15, 0.2) is 0 Å². The molecule has 0 aliphatic rings. The molecule has 1 aromatic carbocycles. The molecule has 102 valence electrons. The molecule has 0 aliphatic carbocycles. The van der Waals surface area contributed by atoms with Crippen molar-refractivity contribution in [3.8, 4) is 0 Å². The van der Waals surface area contributed by atoms with Crippen molar-refractivity contribution < 1.29 is 0 Å². The normalized spacial score (nSPS) is 14.5. The predicted octanol–water partition coefficient (Wildman–Crippen LogP) is 4.78. The van der Waals surface area contributed by atoms with Crippen LogP contribution in [-0.4, -0.2) is 6.54 Å². The average Bonchev–Trinajstić information content (AvgIpc) is 2.34. The zero-order valence-electron chi connectivity index (χ0n) is 12.7. The molecule has 0 fully saturated rings. The van der Waals surface area contributed by atoms with E-state index in [-0.39, 0.29) is 0 Å². The Kier molecular flexibility index (Phi) is 6.42. The summed E-state index contributed by atoms with van der Waals surface area (Å²) in [6.45, 7) is 12.4. The van der Waals surface area contributed by atoms with Gasteiger partial charge in [0, 0.05) is 6.04 Å². The van der Waals surface area contributed by atoms with Gasteiger partial charge < -0.3 is 5.32 Å². The lowest BCUT2D eigenvalue weighted by Crippen LogP contribution is -2.28. The molecule has 0 bridgehead atoms. The van der Waals surface area contributed by atoms with Crippen LogP contribution in [0.2, 0.25) is 0 Å². The Morgan fingerprint density at radius 1 is 1.11 bits per heavy atom. The monoisotopic (exact) mass is 247 g/mol. The van der Waals surface area contributed by atoms with Gasteiger partial charge >= 0.3 is 0 Å². The standard InChI is InChI=1S/C17H29N/c1-6-8-15(5)17(18-11-7-2)16-12-13(3)9-10-14(16)4/h9-10,12,15,17-18H,6-8,11H2,1-5H3. The third-order valence-electron chi connectivity index (χ3n) is 3.70. The van der Waals surface area contributed by atoms with E-state index in [9.17, 15) is 0 Å². The summed E-state index contributed by atoms with van der Waals surface area (Å²) in [5, 5.41) is 3.74. The second-order valence-corrected chi connectivity index (χ2v) is 5.56. The van der Waals surface area contributed by atoms with E-state index < -0.39 is 0 Å². The fourth-order valence-electron chi connectivity index (χ4n) is 2.63. The topological polar surface area (TPSA) is 12.0 Å². The Hall–Kier alpha value is -0.820. The fraction of sp³-hybridized carbons (Fsp3) is 0.647. The molecule has 2 atom stereocenters. The summed E-state index contributed by atoms with van der Waals surface area (Å²) in [7, 11) is 0. The zero-order valence-corrected chi connectivity index (χ0v) is 12.7. The van der Waals surface area contributed by atoms with Gasteiger partial charge in [-0.15, -0.1) is 0 Å². The van der Waals surface area contributed by atoms with Crippen LogP contribution in [0.5, 0.6) is 0 Å². The molecule has 0 amide bonds. The van der Waals surface area contributed by atoms with Crippen LogP contribution in [0.3, 0.4) is 0 Å². The molecule has 2 unspecified atom stereocenters. The van der Waals surface area contributed by atoms with E-state index in [4.69, 9.17) is 0 Å². The van der Waals surface area contributed by atoms with Crippen molar-refractivity contribution in [2.45, 2.75) is 59.9 Å². The van der Waals surface area contributed by atoms with Crippen LogP contribution >= 0.6 is 0 Å². The number of nitrogens with one attached hydrogen (secondary N) is 1. The molecule has 0 saturated carbocycles. The molecule has 0 radical (unpaired) electrons. The first-order chi connectivity index (χ1) is 8.60. The molecular weight excluding hydrogens is 218 g/mol. The Labute approximate surface area is 113 Å². The molecule has 1 aromatic rings. The third-order valence-corrected chi connectivity index (χ3v) is 3.70. The lowest BCUT2D eigenvalue weighted by Gasteiger charge is -2.27. The number of benzene rings is 1. The molecule has 1 heteroatoms. The molecule has 0 saturated heterocycles. The Bertz CT molecular complexity index is 357. The highest BCUT2D eigenvalue weighted by atomic mass is 14.9. The number of hydrogen-bond acceptors (Lipinski definition) is 1. The Morgan fingerprint density at radius 2 is 1.83 bits per heavy atom. The van der Waals surface area contributed by atoms with E-state index >= 15 is 0 Å². The minimum atomic E-state index is 0.504. The van der Waals surface area contributed by atoms with Crippen LogP contribution in [-0.2, 0) is 0 Å². The molecule has 1 rings (SSSR count). The smallest absolute Gasteiger partial charge is 0.0348 e. The average molecular weight is 247 g/mol. The van der Waals surface area contributed by atoms with Crippen LogP contribution < -0.4 is 5.32 Å². The van der Waals surface area contributed by atoms with Crippen LogP contribution in [0.1, 0.15) is 62.8 Å². The van der Waals surface area contributed by atoms with E-state index in [0.717, 1.165) is 6.54 Å². The minimum absolute atomic E-state index is 0.504. The van der Waals surface area contributed by atoms with Crippen molar-refractivity contribution in [1.82, 2.24) is 5.32 Å². The molecule has 0 aromatic heterocycles. The lowest BCUT2D eigenvalue weighted by molar-refractivity contribution is 0.362. The van der Waals surface area contributed by atoms with Gasteiger partial charge in [0.2, 0.25) is 0 Å². The molecule has 0 spiro atoms. The van der Waals surface area contributed by atoms with Crippen molar-refractivity contribution >= 4 is 0 Å². The lowest BCUT2D eigenvalue weighted by atomic mass is 9.88. The molecule has 0 heterocycles. The van der Waals surface area contributed by atoms with Gasteiger partial charge in [-0.2, -0.15) is 0 Å². The number of hydrogen-bond donors (Lipinski definition) is 1. The fourth-order valence-corrected chi connectivity index (χ4v) is 2.63. The summed E-state index contributed by atoms with van der Waals surface area (Å²) in [4.78, 5) is 0. The highest BCUT2D eigenvalue weighted by Crippen LogP contribution is 2.28. The molecule has 18 heavy (non-hydrogen) atoms. The highest BCUT2D eigenvalue weighted by Gasteiger charge is 2.19. The Morgan fingerprint density at radius 3 is 2.44 bits per heavy atom. The van der Waals surface area contributed by atoms with Crippen LogP contribution in [0, 0.1) is 19.8 Å². The summed E-state index contributed by atoms with van der Waals surface area (Å²) in [5.74, 6) is 0.696. The quantitative estimate of drug-likeness (QED) is 0.731. The van der Waals surface area contributed by atoms with Gasteiger partial charge in [0.1, 0.15) is 0 Å². The molecular formula is C17H29N. The van der Waals surface area contributed by atoms with Gasteiger partial charge in [-0.25, -0.2) is 0 Å². The maximum absolute atomic E-state index is 3.74. The largest absolute Gasteiger partial charge is 0.310 e. The van der Waals surface area contributed by atoms with Gasteiger partial charge in [-0.3, -0.25) is 0 Å². The van der Waals surface area contributed by atoms with Crippen LogP contribution in [0.4, 0.5) is 0 Å².